The van der Waals surface area contributed by atoms with Gasteiger partial charge in [0, 0.05) is 18.1 Å². The topological polar surface area (TPSA) is 96.5 Å². The molecule has 9 heteroatoms. The third-order valence-corrected chi connectivity index (χ3v) is 5.37. The molecule has 1 aromatic carbocycles. The molecule has 2 amide bonds. The second-order valence-electron chi connectivity index (χ2n) is 6.53. The summed E-state index contributed by atoms with van der Waals surface area (Å²) in [5, 5.41) is 2.59. The Kier molecular flexibility index (Phi) is 6.01. The maximum absolute atomic E-state index is 13.2. The van der Waals surface area contributed by atoms with Crippen molar-refractivity contribution in [3.05, 3.63) is 28.5 Å². The summed E-state index contributed by atoms with van der Waals surface area (Å²) in [5.41, 5.74) is 1.76. The summed E-state index contributed by atoms with van der Waals surface area (Å²) in [6.45, 7) is 2.34. The number of ether oxygens (including phenoxy) is 2. The zero-order valence-corrected chi connectivity index (χ0v) is 17.1. The van der Waals surface area contributed by atoms with E-state index >= 15 is 0 Å². The van der Waals surface area contributed by atoms with E-state index in [0.29, 0.717) is 6.54 Å². The van der Waals surface area contributed by atoms with Crippen LogP contribution in [0.4, 0.5) is 4.79 Å². The van der Waals surface area contributed by atoms with E-state index < -0.39 is 18.2 Å². The molecule has 8 nitrogen and oxygen atoms in total. The van der Waals surface area contributed by atoms with Crippen LogP contribution in [-0.2, 0) is 14.3 Å². The second-order valence-corrected chi connectivity index (χ2v) is 7.44. The molecule has 2 N–H and O–H groups in total. The molecule has 27 heavy (non-hydrogen) atoms. The maximum Gasteiger partial charge on any atom is 0.407 e. The molecule has 0 unspecified atom stereocenters. The fourth-order valence-electron chi connectivity index (χ4n) is 3.35. The van der Waals surface area contributed by atoms with Gasteiger partial charge >= 0.3 is 6.09 Å². The van der Waals surface area contributed by atoms with Crippen molar-refractivity contribution in [1.29, 1.82) is 0 Å². The number of methoxy groups -OCH3 is 2. The van der Waals surface area contributed by atoms with Crippen molar-refractivity contribution in [2.75, 3.05) is 20.8 Å². The summed E-state index contributed by atoms with van der Waals surface area (Å²) in [7, 11) is 2.77. The molecular weight excluding hydrogens is 416 g/mol. The molecule has 1 aliphatic heterocycles. The van der Waals surface area contributed by atoms with E-state index in [4.69, 9.17) is 4.74 Å². The third-order valence-electron chi connectivity index (χ3n) is 4.88. The van der Waals surface area contributed by atoms with Gasteiger partial charge in [-0.3, -0.25) is 4.79 Å². The number of amides is 2. The zero-order valence-electron chi connectivity index (χ0n) is 15.5. The number of imidazole rings is 1. The summed E-state index contributed by atoms with van der Waals surface area (Å²) in [4.78, 5) is 34.6. The van der Waals surface area contributed by atoms with E-state index in [-0.39, 0.29) is 11.9 Å². The normalized spacial score (nSPS) is 19.1. The molecule has 0 bridgehead atoms. The van der Waals surface area contributed by atoms with E-state index in [1.54, 1.807) is 11.8 Å². The van der Waals surface area contributed by atoms with Crippen molar-refractivity contribution in [3.63, 3.8) is 0 Å². The minimum Gasteiger partial charge on any atom is -0.453 e. The molecule has 2 aromatic rings. The zero-order chi connectivity index (χ0) is 19.6. The second kappa shape index (κ2) is 8.26. The number of alkyl carbamates (subject to hydrolysis) is 1. The van der Waals surface area contributed by atoms with Gasteiger partial charge in [-0.25, -0.2) is 9.78 Å². The summed E-state index contributed by atoms with van der Waals surface area (Å²) < 4.78 is 10.9. The summed E-state index contributed by atoms with van der Waals surface area (Å²) in [6, 6.07) is 4.81. The van der Waals surface area contributed by atoms with Crippen LogP contribution in [0.1, 0.15) is 31.6 Å². The van der Waals surface area contributed by atoms with Crippen molar-refractivity contribution in [3.8, 4) is 0 Å². The Labute approximate surface area is 165 Å². The van der Waals surface area contributed by atoms with Gasteiger partial charge < -0.3 is 24.7 Å². The quantitative estimate of drug-likeness (QED) is 0.747. The van der Waals surface area contributed by atoms with E-state index in [9.17, 15) is 9.59 Å². The van der Waals surface area contributed by atoms with Crippen LogP contribution < -0.4 is 5.32 Å². The van der Waals surface area contributed by atoms with E-state index in [2.05, 4.69) is 36.0 Å². The lowest BCUT2D eigenvalue weighted by molar-refractivity contribution is -0.137. The number of carbonyl (C=O) groups is 2. The van der Waals surface area contributed by atoms with Gasteiger partial charge in [0.15, 0.2) is 0 Å². The molecule has 0 saturated carbocycles. The number of halogens is 1. The average molecular weight is 439 g/mol. The molecule has 1 aliphatic rings. The van der Waals surface area contributed by atoms with Crippen molar-refractivity contribution in [1.82, 2.24) is 20.2 Å². The Hall–Kier alpha value is -2.13. The molecule has 146 valence electrons. The maximum atomic E-state index is 13.2. The molecular formula is C18H23BrN4O4. The first-order valence-electron chi connectivity index (χ1n) is 8.77. The number of H-pyrrole nitrogens is 1. The Morgan fingerprint density at radius 1 is 1.41 bits per heavy atom. The lowest BCUT2D eigenvalue weighted by Crippen LogP contribution is -2.54. The average Bonchev–Trinajstić information content (AvgIpc) is 3.30. The van der Waals surface area contributed by atoms with E-state index in [0.717, 1.165) is 34.2 Å². The number of likely N-dealkylation sites (tertiary alicyclic amines) is 1. The van der Waals surface area contributed by atoms with Gasteiger partial charge in [0.05, 0.1) is 30.3 Å². The number of aromatic amines is 1. The minimum absolute atomic E-state index is 0.172. The van der Waals surface area contributed by atoms with Crippen LogP contribution in [0.5, 0.6) is 0 Å². The number of hydrogen-bond acceptors (Lipinski definition) is 5. The Balaban J connectivity index is 1.86. The van der Waals surface area contributed by atoms with E-state index in [1.807, 2.05) is 18.2 Å². The van der Waals surface area contributed by atoms with Crippen molar-refractivity contribution < 1.29 is 19.1 Å². The predicted molar refractivity (Wildman–Crippen MR) is 103 cm³/mol. The molecule has 0 spiro atoms. The van der Waals surface area contributed by atoms with Gasteiger partial charge in [0.25, 0.3) is 0 Å². The predicted octanol–water partition coefficient (Wildman–Crippen LogP) is 2.75. The fourth-order valence-corrected chi connectivity index (χ4v) is 3.72. The highest BCUT2D eigenvalue weighted by atomic mass is 79.9. The van der Waals surface area contributed by atoms with Gasteiger partial charge in [-0.2, -0.15) is 0 Å². The lowest BCUT2D eigenvalue weighted by atomic mass is 10.1. The van der Waals surface area contributed by atoms with Gasteiger partial charge in [0.1, 0.15) is 11.9 Å². The van der Waals surface area contributed by atoms with Crippen LogP contribution in [0, 0.1) is 0 Å². The lowest BCUT2D eigenvalue weighted by Gasteiger charge is -2.30. The number of rotatable bonds is 5. The number of nitrogens with zero attached hydrogens (tertiary/aromatic N) is 2. The van der Waals surface area contributed by atoms with Crippen LogP contribution >= 0.6 is 15.9 Å². The van der Waals surface area contributed by atoms with Crippen LogP contribution in [0.2, 0.25) is 0 Å². The Bertz CT molecular complexity index is 840. The number of nitrogens with one attached hydrogen (secondary N) is 2. The molecule has 1 saturated heterocycles. The van der Waals surface area contributed by atoms with E-state index in [1.165, 1.54) is 14.2 Å². The molecule has 2 heterocycles. The third kappa shape index (κ3) is 4.08. The van der Waals surface area contributed by atoms with Gasteiger partial charge in [-0.15, -0.1) is 0 Å². The summed E-state index contributed by atoms with van der Waals surface area (Å²) >= 11 is 3.45. The molecule has 0 radical (unpaired) electrons. The fraction of sp³-hybridized carbons (Fsp3) is 0.500. The Morgan fingerprint density at radius 2 is 2.19 bits per heavy atom. The largest absolute Gasteiger partial charge is 0.453 e. The van der Waals surface area contributed by atoms with Crippen LogP contribution in [-0.4, -0.2) is 59.8 Å². The van der Waals surface area contributed by atoms with Gasteiger partial charge in [-0.1, -0.05) is 15.9 Å². The number of fused-ring (bicyclic) bond motifs is 1. The van der Waals surface area contributed by atoms with Crippen molar-refractivity contribution in [2.45, 2.75) is 38.0 Å². The number of aromatic nitrogens is 2. The molecule has 3 rings (SSSR count). The molecule has 3 atom stereocenters. The van der Waals surface area contributed by atoms with Crippen LogP contribution in [0.3, 0.4) is 0 Å². The molecule has 1 aromatic heterocycles. The van der Waals surface area contributed by atoms with Crippen molar-refractivity contribution >= 4 is 39.0 Å². The smallest absolute Gasteiger partial charge is 0.407 e. The molecule has 1 fully saturated rings. The highest BCUT2D eigenvalue weighted by molar-refractivity contribution is 9.10. The van der Waals surface area contributed by atoms with Crippen LogP contribution in [0.25, 0.3) is 11.0 Å². The van der Waals surface area contributed by atoms with Crippen LogP contribution in [0.15, 0.2) is 22.7 Å². The van der Waals surface area contributed by atoms with Gasteiger partial charge in [-0.05, 0) is 38.0 Å². The number of hydrogen-bond donors (Lipinski definition) is 2. The number of benzene rings is 1. The first-order chi connectivity index (χ1) is 12.9. The van der Waals surface area contributed by atoms with Crippen molar-refractivity contribution in [2.24, 2.45) is 0 Å². The SMILES string of the molecule is COC(=O)N[C@H](C(=O)N1CCC[C@H]1c1nc2ccc(Br)cc2[nH]1)[C@@H](C)OC. The standard InChI is InChI=1S/C18H23BrN4O4/c1-10(26-2)15(22-18(25)27-3)17(24)23-8-4-5-14(23)16-20-12-7-6-11(19)9-13(12)21-16/h6-7,9-10,14-15H,4-5,8H2,1-3H3,(H,20,21)(H,22,25)/t10-,14+,15+/m1/s1. The molecule has 0 aliphatic carbocycles. The monoisotopic (exact) mass is 438 g/mol. The highest BCUT2D eigenvalue weighted by Crippen LogP contribution is 2.32. The summed E-state index contributed by atoms with van der Waals surface area (Å²) in [6.07, 6.45) is 0.508. The number of carbonyl (C=O) groups excluding carboxylic acids is 2. The highest BCUT2D eigenvalue weighted by Gasteiger charge is 2.38. The summed E-state index contributed by atoms with van der Waals surface area (Å²) in [5.74, 6) is 0.537. The Morgan fingerprint density at radius 3 is 2.89 bits per heavy atom. The first kappa shape index (κ1) is 19.6. The minimum atomic E-state index is -0.832. The first-order valence-corrected chi connectivity index (χ1v) is 9.56. The van der Waals surface area contributed by atoms with Gasteiger partial charge in [0.2, 0.25) is 5.91 Å².